The van der Waals surface area contributed by atoms with Crippen molar-refractivity contribution in [2.75, 3.05) is 6.54 Å². The fourth-order valence-electron chi connectivity index (χ4n) is 3.03. The maximum atomic E-state index is 6.05. The molecule has 0 amide bonds. The zero-order valence-corrected chi connectivity index (χ0v) is 10.5. The fourth-order valence-corrected chi connectivity index (χ4v) is 3.03. The molecule has 1 aliphatic rings. The summed E-state index contributed by atoms with van der Waals surface area (Å²) < 4.78 is 0. The van der Waals surface area contributed by atoms with Crippen LogP contribution in [-0.2, 0) is 12.8 Å². The Balaban J connectivity index is 2.16. The zero-order chi connectivity index (χ0) is 11.6. The van der Waals surface area contributed by atoms with Crippen LogP contribution in [0, 0.1) is 11.3 Å². The van der Waals surface area contributed by atoms with Crippen LogP contribution in [0.3, 0.4) is 0 Å². The minimum Gasteiger partial charge on any atom is -0.330 e. The fraction of sp³-hybridized carbons (Fsp3) is 0.600. The summed E-state index contributed by atoms with van der Waals surface area (Å²) in [4.78, 5) is 0. The molecule has 1 nitrogen and oxygen atoms in total. The maximum absolute atomic E-state index is 6.05. The summed E-state index contributed by atoms with van der Waals surface area (Å²) in [7, 11) is 0. The zero-order valence-electron chi connectivity index (χ0n) is 10.5. The Hall–Kier alpha value is -0.820. The van der Waals surface area contributed by atoms with E-state index in [1.165, 1.54) is 36.8 Å². The van der Waals surface area contributed by atoms with Crippen molar-refractivity contribution in [2.24, 2.45) is 17.1 Å². The lowest BCUT2D eigenvalue weighted by atomic mass is 9.76. The molecule has 1 atom stereocenters. The molecule has 0 spiro atoms. The molecule has 88 valence electrons. The summed E-state index contributed by atoms with van der Waals surface area (Å²) in [5, 5.41) is 0. The highest BCUT2D eigenvalue weighted by molar-refractivity contribution is 5.34. The topological polar surface area (TPSA) is 26.0 Å². The van der Waals surface area contributed by atoms with Gasteiger partial charge in [0, 0.05) is 0 Å². The van der Waals surface area contributed by atoms with Crippen molar-refractivity contribution in [2.45, 2.75) is 39.5 Å². The first-order valence-electron chi connectivity index (χ1n) is 6.46. The summed E-state index contributed by atoms with van der Waals surface area (Å²) in [5.41, 5.74) is 9.45. The number of benzene rings is 1. The van der Waals surface area contributed by atoms with Gasteiger partial charge in [-0.15, -0.1) is 0 Å². The van der Waals surface area contributed by atoms with Crippen molar-refractivity contribution in [3.63, 3.8) is 0 Å². The Labute approximate surface area is 99.0 Å². The largest absolute Gasteiger partial charge is 0.330 e. The van der Waals surface area contributed by atoms with E-state index in [0.29, 0.717) is 5.41 Å². The normalized spacial score (nSPS) is 19.4. The first kappa shape index (κ1) is 11.7. The average Bonchev–Trinajstić information content (AvgIpc) is 2.67. The molecule has 1 aromatic rings. The standard InChI is InChI=1S/C15H23N/c1-3-12(2)8-15(11-16)9-13-6-4-5-7-14(13)10-15/h4-7,12H,3,8-11,16H2,1-2H3. The third-order valence-corrected chi connectivity index (χ3v) is 4.16. The Kier molecular flexibility index (Phi) is 3.34. The number of hydrogen-bond acceptors (Lipinski definition) is 1. The number of hydrogen-bond donors (Lipinski definition) is 1. The monoisotopic (exact) mass is 217 g/mol. The van der Waals surface area contributed by atoms with E-state index in [4.69, 9.17) is 5.73 Å². The van der Waals surface area contributed by atoms with Gasteiger partial charge < -0.3 is 5.73 Å². The highest BCUT2D eigenvalue weighted by atomic mass is 14.6. The summed E-state index contributed by atoms with van der Waals surface area (Å²) in [6, 6.07) is 8.83. The van der Waals surface area contributed by atoms with Gasteiger partial charge in [0.15, 0.2) is 0 Å². The highest BCUT2D eigenvalue weighted by Crippen LogP contribution is 2.41. The minimum absolute atomic E-state index is 0.346. The molecule has 0 radical (unpaired) electrons. The molecule has 0 fully saturated rings. The number of nitrogens with two attached hydrogens (primary N) is 1. The van der Waals surface area contributed by atoms with Gasteiger partial charge in [0.1, 0.15) is 0 Å². The van der Waals surface area contributed by atoms with Gasteiger partial charge in [0.2, 0.25) is 0 Å². The summed E-state index contributed by atoms with van der Waals surface area (Å²) in [5.74, 6) is 0.790. The second-order valence-corrected chi connectivity index (χ2v) is 5.54. The molecule has 16 heavy (non-hydrogen) atoms. The summed E-state index contributed by atoms with van der Waals surface area (Å²) >= 11 is 0. The summed E-state index contributed by atoms with van der Waals surface area (Å²) in [6.07, 6.45) is 4.90. The maximum Gasteiger partial charge on any atom is -0.00140 e. The van der Waals surface area contributed by atoms with Crippen molar-refractivity contribution >= 4 is 0 Å². The van der Waals surface area contributed by atoms with Crippen molar-refractivity contribution in [1.29, 1.82) is 0 Å². The van der Waals surface area contributed by atoms with Crippen LogP contribution in [0.4, 0.5) is 0 Å². The molecule has 0 aromatic heterocycles. The predicted octanol–water partition coefficient (Wildman–Crippen LogP) is 3.17. The molecule has 0 saturated carbocycles. The van der Waals surface area contributed by atoms with Crippen LogP contribution < -0.4 is 5.73 Å². The number of rotatable bonds is 4. The van der Waals surface area contributed by atoms with Crippen molar-refractivity contribution < 1.29 is 0 Å². The predicted molar refractivity (Wildman–Crippen MR) is 69.4 cm³/mol. The van der Waals surface area contributed by atoms with Gasteiger partial charge in [-0.1, -0.05) is 44.5 Å². The lowest BCUT2D eigenvalue weighted by molar-refractivity contribution is 0.239. The van der Waals surface area contributed by atoms with E-state index < -0.39 is 0 Å². The molecule has 0 bridgehead atoms. The Bertz CT molecular complexity index is 331. The van der Waals surface area contributed by atoms with E-state index in [9.17, 15) is 0 Å². The Morgan fingerprint density at radius 1 is 1.25 bits per heavy atom. The molecule has 0 aliphatic heterocycles. The van der Waals surface area contributed by atoms with Gasteiger partial charge in [0.25, 0.3) is 0 Å². The lowest BCUT2D eigenvalue weighted by Gasteiger charge is -2.30. The van der Waals surface area contributed by atoms with Crippen LogP contribution in [-0.4, -0.2) is 6.54 Å². The van der Waals surface area contributed by atoms with Gasteiger partial charge in [-0.25, -0.2) is 0 Å². The molecular weight excluding hydrogens is 194 g/mol. The van der Waals surface area contributed by atoms with E-state index >= 15 is 0 Å². The molecule has 0 heterocycles. The van der Waals surface area contributed by atoms with Crippen LogP contribution in [0.2, 0.25) is 0 Å². The third-order valence-electron chi connectivity index (χ3n) is 4.16. The first-order valence-corrected chi connectivity index (χ1v) is 6.46. The Morgan fingerprint density at radius 3 is 2.25 bits per heavy atom. The van der Waals surface area contributed by atoms with Gasteiger partial charge in [-0.2, -0.15) is 0 Å². The molecule has 1 aromatic carbocycles. The minimum atomic E-state index is 0.346. The van der Waals surface area contributed by atoms with Crippen LogP contribution in [0.15, 0.2) is 24.3 Å². The lowest BCUT2D eigenvalue weighted by Crippen LogP contribution is -2.33. The van der Waals surface area contributed by atoms with E-state index in [0.717, 1.165) is 12.5 Å². The van der Waals surface area contributed by atoms with E-state index in [2.05, 4.69) is 38.1 Å². The van der Waals surface area contributed by atoms with Crippen molar-refractivity contribution in [3.05, 3.63) is 35.4 Å². The smallest absolute Gasteiger partial charge is 0.00140 e. The Morgan fingerprint density at radius 2 is 1.81 bits per heavy atom. The van der Waals surface area contributed by atoms with Gasteiger partial charge >= 0.3 is 0 Å². The summed E-state index contributed by atoms with van der Waals surface area (Å²) in [6.45, 7) is 5.45. The van der Waals surface area contributed by atoms with E-state index in [1.807, 2.05) is 0 Å². The van der Waals surface area contributed by atoms with Gasteiger partial charge in [0.05, 0.1) is 0 Å². The van der Waals surface area contributed by atoms with E-state index in [1.54, 1.807) is 0 Å². The molecule has 2 N–H and O–H groups in total. The SMILES string of the molecule is CCC(C)CC1(CN)Cc2ccccc2C1. The van der Waals surface area contributed by atoms with Gasteiger partial charge in [-0.3, -0.25) is 0 Å². The second kappa shape index (κ2) is 4.58. The second-order valence-electron chi connectivity index (χ2n) is 5.54. The number of fused-ring (bicyclic) bond motifs is 1. The highest BCUT2D eigenvalue weighted by Gasteiger charge is 2.36. The van der Waals surface area contributed by atoms with E-state index in [-0.39, 0.29) is 0 Å². The molecule has 2 rings (SSSR count). The van der Waals surface area contributed by atoms with Crippen molar-refractivity contribution in [1.82, 2.24) is 0 Å². The molecule has 1 unspecified atom stereocenters. The first-order chi connectivity index (χ1) is 7.69. The molecular formula is C15H23N. The van der Waals surface area contributed by atoms with Crippen LogP contribution >= 0.6 is 0 Å². The van der Waals surface area contributed by atoms with Crippen LogP contribution in [0.25, 0.3) is 0 Å². The molecule has 0 saturated heterocycles. The van der Waals surface area contributed by atoms with Crippen LogP contribution in [0.5, 0.6) is 0 Å². The third kappa shape index (κ3) is 2.15. The molecule has 1 aliphatic carbocycles. The molecule has 1 heteroatoms. The average molecular weight is 217 g/mol. The quantitative estimate of drug-likeness (QED) is 0.823. The van der Waals surface area contributed by atoms with Gasteiger partial charge in [-0.05, 0) is 48.3 Å². The van der Waals surface area contributed by atoms with Crippen molar-refractivity contribution in [3.8, 4) is 0 Å². The van der Waals surface area contributed by atoms with Crippen LogP contribution in [0.1, 0.15) is 37.8 Å².